The topological polar surface area (TPSA) is 83.9 Å². The van der Waals surface area contributed by atoms with Gasteiger partial charge in [-0.2, -0.15) is 0 Å². The monoisotopic (exact) mass is 656 g/mol. The molecule has 8 nitrogen and oxygen atoms in total. The van der Waals surface area contributed by atoms with Gasteiger partial charge in [-0.3, -0.25) is 0 Å². The molecule has 0 radical (unpaired) electrons. The van der Waals surface area contributed by atoms with Gasteiger partial charge in [0.15, 0.2) is 23.0 Å². The highest BCUT2D eigenvalue weighted by Gasteiger charge is 2.25. The number of hydrogen-bond acceptors (Lipinski definition) is 8. The van der Waals surface area contributed by atoms with Gasteiger partial charge in [-0.1, -0.05) is 36.4 Å². The van der Waals surface area contributed by atoms with Gasteiger partial charge in [0.05, 0.1) is 26.3 Å². The summed E-state index contributed by atoms with van der Waals surface area (Å²) in [5.74, 6) is 2.26. The number of likely N-dealkylation sites (N-methyl/N-ethyl adjacent to an activating group) is 2. The highest BCUT2D eigenvalue weighted by Crippen LogP contribution is 2.48. The van der Waals surface area contributed by atoms with E-state index in [1.165, 1.54) is 14.2 Å². The Morgan fingerprint density at radius 2 is 0.917 bits per heavy atom. The zero-order valence-electron chi connectivity index (χ0n) is 30.2. The Kier molecular flexibility index (Phi) is 12.0. The molecular weight excluding hydrogens is 604 g/mol. The lowest BCUT2D eigenvalue weighted by Crippen LogP contribution is -2.37. The fourth-order valence-electron chi connectivity index (χ4n) is 6.38. The lowest BCUT2D eigenvalue weighted by molar-refractivity contribution is 0.286. The smallest absolute Gasteiger partial charge is 0.165 e. The van der Waals surface area contributed by atoms with Gasteiger partial charge in [0.25, 0.3) is 0 Å². The van der Waals surface area contributed by atoms with Crippen LogP contribution in [0.3, 0.4) is 0 Å². The molecule has 0 aliphatic heterocycles. The summed E-state index contributed by atoms with van der Waals surface area (Å²) in [4.78, 5) is 4.39. The Hall–Kier alpha value is -4.72. The SMILES string of the molecule is CCN(c1cc(OC)c(O)c(-c2cc(N(CC)C(C)COc3c(C)cccc3C)cc(OC)c2O)c1)C(C)COc1c(C)cccc1C. The van der Waals surface area contributed by atoms with Gasteiger partial charge in [-0.25, -0.2) is 0 Å². The van der Waals surface area contributed by atoms with Crippen LogP contribution in [0.2, 0.25) is 0 Å². The maximum atomic E-state index is 11.5. The Balaban J connectivity index is 1.71. The van der Waals surface area contributed by atoms with E-state index in [0.29, 0.717) is 48.9 Å². The largest absolute Gasteiger partial charge is 0.504 e. The molecule has 0 bridgehead atoms. The highest BCUT2D eigenvalue weighted by molar-refractivity contribution is 5.85. The van der Waals surface area contributed by atoms with Crippen molar-refractivity contribution in [2.75, 3.05) is 50.3 Å². The number of phenolic OH excluding ortho intramolecular Hbond substituents is 2. The molecule has 0 aliphatic carbocycles. The summed E-state index contributed by atoms with van der Waals surface area (Å²) in [5.41, 5.74) is 6.88. The Morgan fingerprint density at radius 1 is 0.583 bits per heavy atom. The van der Waals surface area contributed by atoms with Crippen molar-refractivity contribution in [3.8, 4) is 45.6 Å². The first kappa shape index (κ1) is 36.1. The fraction of sp³-hybridized carbons (Fsp3) is 0.400. The Bertz CT molecular complexity index is 1540. The standard InChI is InChI=1S/C40H52N2O6/c1-11-41(29(7)23-47-39-25(3)15-13-16-26(39)4)31-19-33(37(43)35(21-31)45-9)34-20-32(22-36(46-10)38(34)44)42(12-2)30(8)24-48-40-27(5)17-14-18-28(40)6/h13-22,29-30,43-44H,11-12,23-24H2,1-10H3. The van der Waals surface area contributed by atoms with Crippen LogP contribution < -0.4 is 28.7 Å². The molecule has 0 heterocycles. The molecule has 0 aliphatic rings. The van der Waals surface area contributed by atoms with Crippen LogP contribution in [0, 0.1) is 27.7 Å². The quantitative estimate of drug-likeness (QED) is 0.132. The van der Waals surface area contributed by atoms with Crippen LogP contribution in [0.25, 0.3) is 11.1 Å². The van der Waals surface area contributed by atoms with Gasteiger partial charge in [-0.15, -0.1) is 0 Å². The van der Waals surface area contributed by atoms with E-state index in [1.807, 2.05) is 36.4 Å². The summed E-state index contributed by atoms with van der Waals surface area (Å²) >= 11 is 0. The summed E-state index contributed by atoms with van der Waals surface area (Å²) in [5, 5.41) is 22.9. The molecule has 2 N–H and O–H groups in total. The molecule has 2 unspecified atom stereocenters. The third kappa shape index (κ3) is 7.70. The van der Waals surface area contributed by atoms with Gasteiger partial charge in [-0.05, 0) is 89.8 Å². The second kappa shape index (κ2) is 15.9. The normalized spacial score (nSPS) is 12.3. The molecule has 0 saturated carbocycles. The van der Waals surface area contributed by atoms with Crippen molar-refractivity contribution in [2.45, 2.75) is 67.5 Å². The molecule has 4 rings (SSSR count). The number of anilines is 2. The van der Waals surface area contributed by atoms with E-state index in [2.05, 4.69) is 89.5 Å². The van der Waals surface area contributed by atoms with Crippen molar-refractivity contribution in [1.29, 1.82) is 0 Å². The number of ether oxygens (including phenoxy) is 4. The van der Waals surface area contributed by atoms with E-state index in [1.54, 1.807) is 0 Å². The predicted molar refractivity (Wildman–Crippen MR) is 196 cm³/mol. The molecule has 0 aromatic heterocycles. The number of benzene rings is 4. The van der Waals surface area contributed by atoms with Crippen molar-refractivity contribution < 1.29 is 29.2 Å². The third-order valence-electron chi connectivity index (χ3n) is 9.01. The maximum Gasteiger partial charge on any atom is 0.165 e. The highest BCUT2D eigenvalue weighted by atomic mass is 16.5. The first-order chi connectivity index (χ1) is 22.9. The summed E-state index contributed by atoms with van der Waals surface area (Å²) in [7, 11) is 3.06. The van der Waals surface area contributed by atoms with E-state index in [0.717, 1.165) is 45.1 Å². The molecular formula is C40H52N2O6. The lowest BCUT2D eigenvalue weighted by Gasteiger charge is -2.32. The Morgan fingerprint density at radius 3 is 1.21 bits per heavy atom. The minimum atomic E-state index is -0.0688. The van der Waals surface area contributed by atoms with Crippen molar-refractivity contribution in [1.82, 2.24) is 0 Å². The number of nitrogens with zero attached hydrogens (tertiary/aromatic N) is 2. The first-order valence-electron chi connectivity index (χ1n) is 16.7. The molecule has 0 saturated heterocycles. The molecule has 0 spiro atoms. The molecule has 48 heavy (non-hydrogen) atoms. The van der Waals surface area contributed by atoms with Crippen molar-refractivity contribution >= 4 is 11.4 Å². The zero-order valence-corrected chi connectivity index (χ0v) is 30.2. The van der Waals surface area contributed by atoms with Crippen molar-refractivity contribution in [2.24, 2.45) is 0 Å². The molecule has 8 heteroatoms. The van der Waals surface area contributed by atoms with Gasteiger partial charge < -0.3 is 39.0 Å². The fourth-order valence-corrected chi connectivity index (χ4v) is 6.38. The number of para-hydroxylation sites is 2. The predicted octanol–water partition coefficient (Wildman–Crippen LogP) is 8.60. The van der Waals surface area contributed by atoms with Crippen LogP contribution in [-0.2, 0) is 0 Å². The molecule has 0 amide bonds. The van der Waals surface area contributed by atoms with Crippen LogP contribution in [0.4, 0.5) is 11.4 Å². The third-order valence-corrected chi connectivity index (χ3v) is 9.01. The average Bonchev–Trinajstić information content (AvgIpc) is 3.06. The van der Waals surface area contributed by atoms with Crippen LogP contribution in [0.15, 0.2) is 60.7 Å². The zero-order chi connectivity index (χ0) is 35.1. The van der Waals surface area contributed by atoms with Crippen molar-refractivity contribution in [3.63, 3.8) is 0 Å². The van der Waals surface area contributed by atoms with Crippen LogP contribution in [-0.4, -0.2) is 62.8 Å². The van der Waals surface area contributed by atoms with E-state index < -0.39 is 0 Å². The van der Waals surface area contributed by atoms with E-state index >= 15 is 0 Å². The number of aryl methyl sites for hydroxylation is 4. The Labute approximate surface area is 286 Å². The summed E-state index contributed by atoms with van der Waals surface area (Å²) < 4.78 is 24.0. The number of phenols is 2. The number of aromatic hydroxyl groups is 2. The van der Waals surface area contributed by atoms with Crippen LogP contribution in [0.5, 0.6) is 34.5 Å². The average molecular weight is 657 g/mol. The molecule has 4 aromatic carbocycles. The second-order valence-electron chi connectivity index (χ2n) is 12.4. The van der Waals surface area contributed by atoms with Gasteiger partial charge in [0.1, 0.15) is 24.7 Å². The molecule has 4 aromatic rings. The number of hydrogen-bond donors (Lipinski definition) is 2. The van der Waals surface area contributed by atoms with E-state index in [9.17, 15) is 10.2 Å². The number of rotatable bonds is 15. The van der Waals surface area contributed by atoms with E-state index in [-0.39, 0.29) is 23.6 Å². The summed E-state index contributed by atoms with van der Waals surface area (Å²) in [6.07, 6.45) is 0. The van der Waals surface area contributed by atoms with Crippen LogP contribution >= 0.6 is 0 Å². The molecule has 258 valence electrons. The number of methoxy groups -OCH3 is 2. The van der Waals surface area contributed by atoms with Gasteiger partial charge in [0, 0.05) is 47.7 Å². The summed E-state index contributed by atoms with van der Waals surface area (Å²) in [6, 6.07) is 19.7. The van der Waals surface area contributed by atoms with E-state index in [4.69, 9.17) is 18.9 Å². The van der Waals surface area contributed by atoms with Gasteiger partial charge >= 0.3 is 0 Å². The lowest BCUT2D eigenvalue weighted by atomic mass is 9.99. The molecule has 0 fully saturated rings. The van der Waals surface area contributed by atoms with Gasteiger partial charge in [0.2, 0.25) is 0 Å². The first-order valence-corrected chi connectivity index (χ1v) is 16.7. The summed E-state index contributed by atoms with van der Waals surface area (Å²) in [6.45, 7) is 18.9. The minimum absolute atomic E-state index is 0.0149. The maximum absolute atomic E-state index is 11.5. The van der Waals surface area contributed by atoms with Crippen molar-refractivity contribution in [3.05, 3.63) is 82.9 Å². The second-order valence-corrected chi connectivity index (χ2v) is 12.4. The van der Waals surface area contributed by atoms with Crippen LogP contribution in [0.1, 0.15) is 49.9 Å². The molecule has 2 atom stereocenters. The minimum Gasteiger partial charge on any atom is -0.504 e.